The van der Waals surface area contributed by atoms with Gasteiger partial charge in [-0.3, -0.25) is 19.9 Å². The summed E-state index contributed by atoms with van der Waals surface area (Å²) in [5, 5.41) is 18.3. The fourth-order valence-corrected chi connectivity index (χ4v) is 5.92. The van der Waals surface area contributed by atoms with Gasteiger partial charge in [-0.25, -0.2) is 0 Å². The zero-order valence-electron chi connectivity index (χ0n) is 24.2. The van der Waals surface area contributed by atoms with Crippen molar-refractivity contribution in [1.29, 1.82) is 0 Å². The van der Waals surface area contributed by atoms with Gasteiger partial charge in [-0.2, -0.15) is 0 Å². The summed E-state index contributed by atoms with van der Waals surface area (Å²) in [7, 11) is 3.05. The highest BCUT2D eigenvalue weighted by Gasteiger charge is 2.41. The van der Waals surface area contributed by atoms with Crippen LogP contribution in [0.1, 0.15) is 41.1 Å². The van der Waals surface area contributed by atoms with Gasteiger partial charge >= 0.3 is 0 Å². The van der Waals surface area contributed by atoms with E-state index in [0.717, 1.165) is 22.6 Å². The van der Waals surface area contributed by atoms with Gasteiger partial charge in [-0.15, -0.1) is 0 Å². The van der Waals surface area contributed by atoms with Crippen molar-refractivity contribution in [2.24, 2.45) is 0 Å². The van der Waals surface area contributed by atoms with E-state index in [9.17, 15) is 14.9 Å². The van der Waals surface area contributed by atoms with Crippen molar-refractivity contribution in [1.82, 2.24) is 19.8 Å². The van der Waals surface area contributed by atoms with Crippen molar-refractivity contribution < 1.29 is 19.2 Å². The molecule has 12 heteroatoms. The van der Waals surface area contributed by atoms with Crippen molar-refractivity contribution >= 4 is 34.6 Å². The molecule has 3 heterocycles. The zero-order valence-corrected chi connectivity index (χ0v) is 25.1. The first kappa shape index (κ1) is 29.5. The molecule has 2 N–H and O–H groups in total. The lowest BCUT2D eigenvalue weighted by atomic mass is 9.96. The molecule has 2 atom stereocenters. The van der Waals surface area contributed by atoms with Crippen LogP contribution in [-0.2, 0) is 4.79 Å². The number of carbonyl (C=O) groups is 1. The van der Waals surface area contributed by atoms with Crippen LogP contribution in [0.3, 0.4) is 0 Å². The number of aromatic nitrogens is 2. The Bertz CT molecular complexity index is 1670. The van der Waals surface area contributed by atoms with Gasteiger partial charge in [0.25, 0.3) is 5.69 Å². The van der Waals surface area contributed by atoms with Crippen LogP contribution in [0.4, 0.5) is 11.4 Å². The maximum absolute atomic E-state index is 13.1. The van der Waals surface area contributed by atoms with Gasteiger partial charge < -0.3 is 29.6 Å². The first-order valence-corrected chi connectivity index (χ1v) is 14.1. The minimum atomic E-state index is -0.447. The fourth-order valence-electron chi connectivity index (χ4n) is 5.59. The molecule has 0 radical (unpaired) electrons. The van der Waals surface area contributed by atoms with Crippen molar-refractivity contribution in [3.63, 3.8) is 0 Å². The number of rotatable bonds is 10. The molecule has 0 aliphatic carbocycles. The zero-order chi connectivity index (χ0) is 30.7. The highest BCUT2D eigenvalue weighted by Crippen LogP contribution is 2.42. The number of nitrogens with zero attached hydrogens (tertiary/aromatic N) is 4. The minimum absolute atomic E-state index is 0.0542. The average molecular weight is 601 g/mol. The van der Waals surface area contributed by atoms with Crippen LogP contribution in [0.5, 0.6) is 11.5 Å². The number of amides is 1. The van der Waals surface area contributed by atoms with Crippen LogP contribution in [0, 0.1) is 24.0 Å². The number of nitro benzene ring substituents is 1. The highest BCUT2D eigenvalue weighted by atomic mass is 32.1. The second-order valence-electron chi connectivity index (χ2n) is 10.1. The molecule has 1 aliphatic heterocycles. The van der Waals surface area contributed by atoms with E-state index in [4.69, 9.17) is 21.7 Å². The monoisotopic (exact) mass is 600 g/mol. The van der Waals surface area contributed by atoms with Gasteiger partial charge in [0.1, 0.15) is 11.5 Å². The Morgan fingerprint density at radius 1 is 1.07 bits per heavy atom. The summed E-state index contributed by atoms with van der Waals surface area (Å²) in [5.41, 5.74) is 4.83. The number of hydrogen-bond acceptors (Lipinski definition) is 7. The fraction of sp³-hybridized carbons (Fsp3) is 0.258. The van der Waals surface area contributed by atoms with Crippen LogP contribution in [0.25, 0.3) is 5.69 Å². The van der Waals surface area contributed by atoms with Gasteiger partial charge in [0.05, 0.1) is 54.4 Å². The second kappa shape index (κ2) is 12.5. The van der Waals surface area contributed by atoms with Crippen LogP contribution in [-0.4, -0.2) is 51.2 Å². The number of aryl methyl sites for hydroxylation is 1. The summed E-state index contributed by atoms with van der Waals surface area (Å²) in [5.74, 6) is 0.790. The number of methoxy groups -OCH3 is 2. The van der Waals surface area contributed by atoms with Gasteiger partial charge in [-0.05, 0) is 68.0 Å². The number of anilines is 1. The number of pyridine rings is 1. The van der Waals surface area contributed by atoms with Crippen molar-refractivity contribution in [3.8, 4) is 17.2 Å². The van der Waals surface area contributed by atoms with Gasteiger partial charge in [-0.1, -0.05) is 18.2 Å². The number of nitro groups is 1. The summed E-state index contributed by atoms with van der Waals surface area (Å²) in [6.07, 6.45) is 1.92. The average Bonchev–Trinajstić information content (AvgIpc) is 3.50. The highest BCUT2D eigenvalue weighted by molar-refractivity contribution is 7.80. The largest absolute Gasteiger partial charge is 0.495 e. The lowest BCUT2D eigenvalue weighted by Crippen LogP contribution is -2.33. The van der Waals surface area contributed by atoms with Crippen LogP contribution >= 0.6 is 12.2 Å². The van der Waals surface area contributed by atoms with E-state index in [1.54, 1.807) is 31.5 Å². The number of para-hydroxylation sites is 2. The number of hydrogen-bond donors (Lipinski definition) is 2. The topological polar surface area (TPSA) is 124 Å². The smallest absolute Gasteiger partial charge is 0.273 e. The van der Waals surface area contributed by atoms with Gasteiger partial charge in [0.15, 0.2) is 5.11 Å². The molecule has 2 aromatic heterocycles. The maximum atomic E-state index is 13.1. The summed E-state index contributed by atoms with van der Waals surface area (Å²) in [4.78, 5) is 30.6. The summed E-state index contributed by atoms with van der Waals surface area (Å²) in [6, 6.07) is 19.1. The molecule has 0 unspecified atom stereocenters. The third-order valence-corrected chi connectivity index (χ3v) is 7.91. The van der Waals surface area contributed by atoms with E-state index >= 15 is 0 Å². The summed E-state index contributed by atoms with van der Waals surface area (Å²) in [6.45, 7) is 4.32. The predicted octanol–water partition coefficient (Wildman–Crippen LogP) is 5.42. The predicted molar refractivity (Wildman–Crippen MR) is 167 cm³/mol. The minimum Gasteiger partial charge on any atom is -0.495 e. The van der Waals surface area contributed by atoms with Crippen LogP contribution in [0.2, 0.25) is 0 Å². The van der Waals surface area contributed by atoms with Crippen molar-refractivity contribution in [2.45, 2.75) is 32.4 Å². The SMILES string of the molecule is COc1ccccc1NC(=O)CCN1C(=S)N[C@H](c2ccccn2)[C@H]1c1cc(C)n(-c2ccc([N+](=O)[O-])cc2OC)c1C. The van der Waals surface area contributed by atoms with Crippen molar-refractivity contribution in [3.05, 3.63) is 106 Å². The Hall–Kier alpha value is -4.97. The number of non-ortho nitro benzene ring substituents is 1. The van der Waals surface area contributed by atoms with E-state index < -0.39 is 4.92 Å². The van der Waals surface area contributed by atoms with Gasteiger partial charge in [0, 0.05) is 36.6 Å². The van der Waals surface area contributed by atoms with E-state index in [1.807, 2.05) is 53.6 Å². The molecule has 1 aliphatic rings. The molecular weight excluding hydrogens is 568 g/mol. The number of ether oxygens (including phenoxy) is 2. The standard InChI is InChI=1S/C31H32N6O5S/c1-19-17-22(20(2)36(19)25-13-12-21(37(39)40)18-27(25)42-4)30-29(24-10-7-8-15-32-24)34-31(43)35(30)16-14-28(38)33-23-9-5-6-11-26(23)41-3/h5-13,15,17-18,29-30H,14,16H2,1-4H3,(H,33,38)(H,34,43)/t29-,30-/m1/s1. The number of nitrogens with one attached hydrogen (secondary N) is 2. The van der Waals surface area contributed by atoms with E-state index in [0.29, 0.717) is 34.5 Å². The Labute approximate surface area is 254 Å². The first-order valence-electron chi connectivity index (χ1n) is 13.7. The van der Waals surface area contributed by atoms with E-state index in [-0.39, 0.29) is 30.1 Å². The van der Waals surface area contributed by atoms with Crippen LogP contribution in [0.15, 0.2) is 72.9 Å². The van der Waals surface area contributed by atoms with Crippen LogP contribution < -0.4 is 20.1 Å². The van der Waals surface area contributed by atoms with E-state index in [1.165, 1.54) is 19.2 Å². The molecule has 1 amide bonds. The molecule has 43 heavy (non-hydrogen) atoms. The Morgan fingerprint density at radius 3 is 2.51 bits per heavy atom. The van der Waals surface area contributed by atoms with E-state index in [2.05, 4.69) is 21.7 Å². The molecule has 0 spiro atoms. The first-order chi connectivity index (χ1) is 20.7. The molecular formula is C31H32N6O5S. The quantitative estimate of drug-likeness (QED) is 0.140. The molecule has 222 valence electrons. The maximum Gasteiger partial charge on any atom is 0.273 e. The summed E-state index contributed by atoms with van der Waals surface area (Å²) < 4.78 is 12.9. The molecule has 4 aromatic rings. The molecule has 2 aromatic carbocycles. The van der Waals surface area contributed by atoms with Gasteiger partial charge in [0.2, 0.25) is 5.91 Å². The third-order valence-electron chi connectivity index (χ3n) is 7.56. The molecule has 0 saturated carbocycles. The Kier molecular flexibility index (Phi) is 8.58. The third kappa shape index (κ3) is 5.86. The normalized spacial score (nSPS) is 16.1. The summed E-state index contributed by atoms with van der Waals surface area (Å²) >= 11 is 5.82. The number of benzene rings is 2. The molecule has 5 rings (SSSR count). The molecule has 11 nitrogen and oxygen atoms in total. The second-order valence-corrected chi connectivity index (χ2v) is 10.5. The number of carbonyl (C=O) groups excluding carboxylic acids is 1. The Morgan fingerprint density at radius 2 is 1.81 bits per heavy atom. The Balaban J connectivity index is 1.50. The molecule has 1 saturated heterocycles. The molecule has 0 bridgehead atoms. The van der Waals surface area contributed by atoms with Crippen molar-refractivity contribution in [2.75, 3.05) is 26.1 Å². The molecule has 1 fully saturated rings. The number of thiocarbonyl (C=S) groups is 1. The lowest BCUT2D eigenvalue weighted by Gasteiger charge is -2.28. The lowest BCUT2D eigenvalue weighted by molar-refractivity contribution is -0.384.